The summed E-state index contributed by atoms with van der Waals surface area (Å²) in [5, 5.41) is 15.3. The van der Waals surface area contributed by atoms with Crippen LogP contribution in [0.1, 0.15) is 5.56 Å². The third-order valence-corrected chi connectivity index (χ3v) is 4.31. The Balaban J connectivity index is 2.05. The third kappa shape index (κ3) is 5.44. The van der Waals surface area contributed by atoms with Crippen LogP contribution in [0.5, 0.6) is 17.2 Å². The number of methoxy groups -OCH3 is 1. The van der Waals surface area contributed by atoms with E-state index in [0.29, 0.717) is 10.8 Å². The van der Waals surface area contributed by atoms with Crippen LogP contribution in [0.2, 0.25) is 5.02 Å². The molecule has 1 heterocycles. The first kappa shape index (κ1) is 22.4. The fourth-order valence-electron chi connectivity index (χ4n) is 2.73. The molecule has 0 aliphatic carbocycles. The van der Waals surface area contributed by atoms with Gasteiger partial charge in [-0.15, -0.1) is 13.2 Å². The molecule has 1 unspecified atom stereocenters. The molecule has 2 aromatic carbocycles. The minimum absolute atomic E-state index is 0.0432. The van der Waals surface area contributed by atoms with Crippen LogP contribution in [-0.4, -0.2) is 39.3 Å². The van der Waals surface area contributed by atoms with Crippen molar-refractivity contribution < 1.29 is 37.3 Å². The van der Waals surface area contributed by atoms with Crippen molar-refractivity contribution in [2.75, 3.05) is 7.11 Å². The smallest absolute Gasteiger partial charge is 0.467 e. The Morgan fingerprint density at radius 1 is 1.16 bits per heavy atom. The summed E-state index contributed by atoms with van der Waals surface area (Å²) in [6.45, 7) is -0.578. The first-order valence-corrected chi connectivity index (χ1v) is 8.95. The van der Waals surface area contributed by atoms with E-state index in [1.54, 1.807) is 0 Å². The predicted molar refractivity (Wildman–Crippen MR) is 101 cm³/mol. The maximum atomic E-state index is 13.1. The van der Waals surface area contributed by atoms with Gasteiger partial charge in [-0.25, -0.2) is 14.5 Å². The second kappa shape index (κ2) is 8.82. The first-order chi connectivity index (χ1) is 14.6. The number of rotatable bonds is 7. The molecule has 1 atom stereocenters. The number of hydrogen-bond donors (Lipinski definition) is 1. The monoisotopic (exact) mass is 457 g/mol. The molecule has 8 nitrogen and oxygen atoms in total. The average Bonchev–Trinajstić information content (AvgIpc) is 3.20. The van der Waals surface area contributed by atoms with E-state index in [4.69, 9.17) is 16.3 Å². The van der Waals surface area contributed by atoms with Crippen LogP contribution >= 0.6 is 11.6 Å². The number of hydrogen-bond acceptors (Lipinski definition) is 7. The maximum Gasteiger partial charge on any atom is 0.573 e. The van der Waals surface area contributed by atoms with Crippen molar-refractivity contribution in [1.29, 1.82) is 0 Å². The van der Waals surface area contributed by atoms with E-state index in [-0.39, 0.29) is 5.75 Å². The van der Waals surface area contributed by atoms with Gasteiger partial charge in [0.1, 0.15) is 29.9 Å². The van der Waals surface area contributed by atoms with Crippen molar-refractivity contribution in [2.24, 2.45) is 0 Å². The summed E-state index contributed by atoms with van der Waals surface area (Å²) >= 11 is 5.80. The molecule has 0 bridgehead atoms. The van der Waals surface area contributed by atoms with Crippen LogP contribution in [0.15, 0.2) is 55.1 Å². The summed E-state index contributed by atoms with van der Waals surface area (Å²) in [5.74, 6) is -1.83. The lowest BCUT2D eigenvalue weighted by atomic mass is 9.92. The molecule has 3 rings (SSSR count). The number of benzene rings is 2. The Morgan fingerprint density at radius 2 is 1.84 bits per heavy atom. The number of halogens is 4. The minimum Gasteiger partial charge on any atom is -0.467 e. The molecule has 12 heteroatoms. The van der Waals surface area contributed by atoms with Gasteiger partial charge in [0, 0.05) is 16.7 Å². The van der Waals surface area contributed by atoms with Gasteiger partial charge in [-0.2, -0.15) is 5.10 Å². The Kier molecular flexibility index (Phi) is 6.37. The lowest BCUT2D eigenvalue weighted by Crippen LogP contribution is -2.41. The van der Waals surface area contributed by atoms with Gasteiger partial charge in [0.25, 0.3) is 0 Å². The van der Waals surface area contributed by atoms with Gasteiger partial charge in [0.05, 0.1) is 13.7 Å². The van der Waals surface area contributed by atoms with Crippen LogP contribution in [0.3, 0.4) is 0 Å². The molecule has 31 heavy (non-hydrogen) atoms. The average molecular weight is 458 g/mol. The summed E-state index contributed by atoms with van der Waals surface area (Å²) in [6, 6.07) is 9.32. The lowest BCUT2D eigenvalue weighted by Gasteiger charge is -2.27. The number of carbonyl (C=O) groups is 1. The van der Waals surface area contributed by atoms with E-state index >= 15 is 0 Å². The van der Waals surface area contributed by atoms with E-state index in [1.807, 2.05) is 0 Å². The number of aromatic nitrogens is 3. The molecular formula is C19H15ClF3N3O5. The Hall–Kier alpha value is -3.31. The summed E-state index contributed by atoms with van der Waals surface area (Å²) in [6.07, 6.45) is -2.80. The maximum absolute atomic E-state index is 13.1. The van der Waals surface area contributed by atoms with Crippen molar-refractivity contribution in [3.05, 3.63) is 65.7 Å². The molecule has 0 aliphatic rings. The number of carbonyl (C=O) groups excluding carboxylic acids is 1. The second-order valence-electron chi connectivity index (χ2n) is 6.21. The Labute approximate surface area is 178 Å². The van der Waals surface area contributed by atoms with Gasteiger partial charge in [0.15, 0.2) is 0 Å². The lowest BCUT2D eigenvalue weighted by molar-refractivity contribution is -0.275. The van der Waals surface area contributed by atoms with E-state index in [0.717, 1.165) is 30.3 Å². The van der Waals surface area contributed by atoms with Crippen molar-refractivity contribution in [1.82, 2.24) is 14.8 Å². The minimum atomic E-state index is -5.11. The van der Waals surface area contributed by atoms with Gasteiger partial charge >= 0.3 is 12.3 Å². The largest absolute Gasteiger partial charge is 0.573 e. The Morgan fingerprint density at radius 3 is 2.42 bits per heavy atom. The van der Waals surface area contributed by atoms with Crippen LogP contribution in [0.4, 0.5) is 13.2 Å². The highest BCUT2D eigenvalue weighted by Crippen LogP contribution is 2.39. The van der Waals surface area contributed by atoms with E-state index in [1.165, 1.54) is 36.7 Å². The molecule has 0 fully saturated rings. The SMILES string of the molecule is COC(=O)C(O)(Cn1cncn1)c1ccc(Oc2ccc(Cl)cc2)cc1OC(F)(F)F. The summed E-state index contributed by atoms with van der Waals surface area (Å²) in [4.78, 5) is 16.1. The van der Waals surface area contributed by atoms with Crippen LogP contribution in [-0.2, 0) is 21.7 Å². The molecule has 3 aromatic rings. The highest BCUT2D eigenvalue weighted by atomic mass is 35.5. The normalized spacial score (nSPS) is 13.4. The van der Waals surface area contributed by atoms with Gasteiger partial charge in [-0.3, -0.25) is 0 Å². The van der Waals surface area contributed by atoms with E-state index < -0.39 is 35.8 Å². The topological polar surface area (TPSA) is 95.7 Å². The third-order valence-electron chi connectivity index (χ3n) is 4.05. The number of alkyl halides is 3. The van der Waals surface area contributed by atoms with Gasteiger partial charge in [-0.05, 0) is 36.4 Å². The van der Waals surface area contributed by atoms with Crippen LogP contribution < -0.4 is 9.47 Å². The first-order valence-electron chi connectivity index (χ1n) is 8.57. The zero-order chi connectivity index (χ0) is 22.6. The van der Waals surface area contributed by atoms with Crippen molar-refractivity contribution in [3.8, 4) is 17.2 Å². The molecule has 0 saturated carbocycles. The molecular weight excluding hydrogens is 443 g/mol. The number of ether oxygens (including phenoxy) is 3. The van der Waals surface area contributed by atoms with Gasteiger partial charge in [0.2, 0.25) is 5.60 Å². The zero-order valence-electron chi connectivity index (χ0n) is 15.8. The number of nitrogens with zero attached hydrogens (tertiary/aromatic N) is 3. The van der Waals surface area contributed by atoms with Crippen molar-refractivity contribution in [3.63, 3.8) is 0 Å². The summed E-state index contributed by atoms with van der Waals surface area (Å²) in [5.41, 5.74) is -3.07. The molecule has 0 amide bonds. The molecule has 0 aliphatic heterocycles. The van der Waals surface area contributed by atoms with E-state index in [9.17, 15) is 23.1 Å². The van der Waals surface area contributed by atoms with Gasteiger partial charge < -0.3 is 19.3 Å². The predicted octanol–water partition coefficient (Wildman–Crippen LogP) is 3.68. The molecule has 0 radical (unpaired) electrons. The number of aliphatic hydroxyl groups is 1. The fourth-order valence-corrected chi connectivity index (χ4v) is 2.86. The van der Waals surface area contributed by atoms with Crippen molar-refractivity contribution in [2.45, 2.75) is 18.5 Å². The highest BCUT2D eigenvalue weighted by molar-refractivity contribution is 6.30. The quantitative estimate of drug-likeness (QED) is 0.541. The fraction of sp³-hybridized carbons (Fsp3) is 0.211. The Bertz CT molecular complexity index is 1040. The zero-order valence-corrected chi connectivity index (χ0v) is 16.6. The van der Waals surface area contributed by atoms with E-state index in [2.05, 4.69) is 19.6 Å². The highest BCUT2D eigenvalue weighted by Gasteiger charge is 2.45. The molecule has 164 valence electrons. The standard InChI is InChI=1S/C19H15ClF3N3O5/c1-29-17(27)18(28,9-26-11-24-10-25-26)15-7-6-14(8-16(15)31-19(21,22)23)30-13-4-2-12(20)3-5-13/h2-8,10-11,28H,9H2,1H3. The number of esters is 1. The molecule has 0 spiro atoms. The van der Waals surface area contributed by atoms with Gasteiger partial charge in [-0.1, -0.05) is 11.6 Å². The van der Waals surface area contributed by atoms with Crippen LogP contribution in [0.25, 0.3) is 0 Å². The molecule has 1 aromatic heterocycles. The van der Waals surface area contributed by atoms with Crippen LogP contribution in [0, 0.1) is 0 Å². The molecule has 0 saturated heterocycles. The molecule has 1 N–H and O–H groups in total. The summed E-state index contributed by atoms with van der Waals surface area (Å²) < 4.78 is 54.5. The second-order valence-corrected chi connectivity index (χ2v) is 6.64. The van der Waals surface area contributed by atoms with Crippen molar-refractivity contribution >= 4 is 17.6 Å². The summed E-state index contributed by atoms with van der Waals surface area (Å²) in [7, 11) is 0.983.